The molecule has 0 saturated carbocycles. The van der Waals surface area contributed by atoms with Crippen molar-refractivity contribution >= 4 is 13.9 Å². The molecule has 0 fully saturated rings. The lowest BCUT2D eigenvalue weighted by atomic mass is 9.88. The van der Waals surface area contributed by atoms with Gasteiger partial charge in [0.15, 0.2) is 5.78 Å². The summed E-state index contributed by atoms with van der Waals surface area (Å²) in [5.41, 5.74) is 7.35. The van der Waals surface area contributed by atoms with Crippen molar-refractivity contribution in [1.29, 1.82) is 0 Å². The van der Waals surface area contributed by atoms with E-state index >= 15 is 0 Å². The van der Waals surface area contributed by atoms with Gasteiger partial charge >= 0.3 is 0 Å². The van der Waals surface area contributed by atoms with E-state index in [0.717, 1.165) is 23.1 Å². The van der Waals surface area contributed by atoms with Crippen LogP contribution in [0.4, 0.5) is 0 Å². The Hall–Kier alpha value is -1.85. The minimum atomic E-state index is -1.43. The molecule has 1 aliphatic carbocycles. The Morgan fingerprint density at radius 1 is 1.14 bits per heavy atom. The summed E-state index contributed by atoms with van der Waals surface area (Å²) < 4.78 is 0. The summed E-state index contributed by atoms with van der Waals surface area (Å²) in [7, 11) is -1.43. The van der Waals surface area contributed by atoms with E-state index in [-0.39, 0.29) is 5.78 Å². The molecule has 1 nitrogen and oxygen atoms in total. The van der Waals surface area contributed by atoms with Gasteiger partial charge in [-0.25, -0.2) is 0 Å². The van der Waals surface area contributed by atoms with Crippen LogP contribution in [0.3, 0.4) is 0 Å². The maximum Gasteiger partial charge on any atom is 0.190 e. The molecule has 0 amide bonds. The van der Waals surface area contributed by atoms with Crippen molar-refractivity contribution in [2.75, 3.05) is 0 Å². The van der Waals surface area contributed by atoms with Gasteiger partial charge in [0, 0.05) is 23.1 Å². The number of rotatable bonds is 2. The first kappa shape index (κ1) is 15.5. The zero-order valence-electron chi connectivity index (χ0n) is 13.3. The van der Waals surface area contributed by atoms with E-state index in [4.69, 9.17) is 0 Å². The maximum atomic E-state index is 12.7. The van der Waals surface area contributed by atoms with E-state index in [1.807, 2.05) is 30.3 Å². The van der Waals surface area contributed by atoms with E-state index in [9.17, 15) is 4.79 Å². The predicted octanol–water partition coefficient (Wildman–Crippen LogP) is 4.79. The zero-order chi connectivity index (χ0) is 15.5. The van der Waals surface area contributed by atoms with E-state index in [1.54, 1.807) is 0 Å². The Kier molecular flexibility index (Phi) is 4.65. The van der Waals surface area contributed by atoms with Crippen molar-refractivity contribution in [3.05, 3.63) is 58.7 Å². The molecular formula is C19H22OSi. The minimum absolute atomic E-state index is 0.124. The smallest absolute Gasteiger partial charge is 0.190 e. The predicted molar refractivity (Wildman–Crippen MR) is 91.9 cm³/mol. The molecule has 0 spiro atoms. The molecule has 21 heavy (non-hydrogen) atoms. The fraction of sp³-hybridized carbons (Fsp3) is 0.316. The van der Waals surface area contributed by atoms with E-state index < -0.39 is 8.07 Å². The second-order valence-electron chi connectivity index (χ2n) is 6.58. The van der Waals surface area contributed by atoms with Gasteiger partial charge in [-0.3, -0.25) is 4.79 Å². The van der Waals surface area contributed by atoms with Crippen LogP contribution in [0.1, 0.15) is 30.1 Å². The van der Waals surface area contributed by atoms with Crippen LogP contribution >= 0.6 is 0 Å². The number of carbonyl (C=O) groups is 1. The fourth-order valence-electron chi connectivity index (χ4n) is 2.23. The van der Waals surface area contributed by atoms with Crippen LogP contribution in [0.15, 0.2) is 53.1 Å². The van der Waals surface area contributed by atoms with Crippen LogP contribution in [-0.4, -0.2) is 13.9 Å². The third-order valence-electron chi connectivity index (χ3n) is 3.37. The van der Waals surface area contributed by atoms with Crippen LogP contribution in [0.2, 0.25) is 19.6 Å². The van der Waals surface area contributed by atoms with Gasteiger partial charge in [-0.1, -0.05) is 67.5 Å². The number of Topliss-reactive ketones (excluding diaryl/α,β-unsaturated/α-hetero) is 1. The van der Waals surface area contributed by atoms with Gasteiger partial charge in [0.1, 0.15) is 8.07 Å². The summed E-state index contributed by atoms with van der Waals surface area (Å²) in [6.45, 7) is 8.79. The van der Waals surface area contributed by atoms with Crippen molar-refractivity contribution in [2.24, 2.45) is 0 Å². The Balaban J connectivity index is 2.40. The van der Waals surface area contributed by atoms with Crippen molar-refractivity contribution in [1.82, 2.24) is 0 Å². The van der Waals surface area contributed by atoms with Gasteiger partial charge in [-0.2, -0.15) is 0 Å². The minimum Gasteiger partial charge on any atom is -0.289 e. The molecule has 0 atom stereocenters. The summed E-state index contributed by atoms with van der Waals surface area (Å²) in [6.07, 6.45) is 3.66. The first-order chi connectivity index (χ1) is 9.87. The highest BCUT2D eigenvalue weighted by Gasteiger charge is 2.19. The van der Waals surface area contributed by atoms with Gasteiger partial charge in [0.2, 0.25) is 0 Å². The van der Waals surface area contributed by atoms with Crippen molar-refractivity contribution < 1.29 is 4.79 Å². The Labute approximate surface area is 128 Å². The summed E-state index contributed by atoms with van der Waals surface area (Å²) in [5.74, 6) is 3.45. The summed E-state index contributed by atoms with van der Waals surface area (Å²) in [5, 5.41) is 0. The van der Waals surface area contributed by atoms with Gasteiger partial charge in [0.25, 0.3) is 0 Å². The van der Waals surface area contributed by atoms with Crippen molar-refractivity contribution in [3.8, 4) is 11.5 Å². The summed E-state index contributed by atoms with van der Waals surface area (Å²) in [6, 6.07) is 9.51. The molecule has 0 aromatic heterocycles. The lowest BCUT2D eigenvalue weighted by Gasteiger charge is -2.16. The van der Waals surface area contributed by atoms with E-state index in [2.05, 4.69) is 44.1 Å². The molecule has 0 N–H and O–H groups in total. The molecule has 1 aliphatic rings. The van der Waals surface area contributed by atoms with E-state index in [1.165, 1.54) is 5.57 Å². The first-order valence-electron chi connectivity index (χ1n) is 7.37. The van der Waals surface area contributed by atoms with Crippen LogP contribution in [0, 0.1) is 11.5 Å². The van der Waals surface area contributed by atoms with Crippen LogP contribution in [0.5, 0.6) is 0 Å². The molecule has 108 valence electrons. The average molecular weight is 294 g/mol. The number of ketones is 1. The van der Waals surface area contributed by atoms with E-state index in [0.29, 0.717) is 6.42 Å². The third-order valence-corrected chi connectivity index (χ3v) is 4.25. The average Bonchev–Trinajstić information content (AvgIpc) is 2.45. The lowest BCUT2D eigenvalue weighted by molar-refractivity contribution is 0.103. The third kappa shape index (κ3) is 4.31. The summed E-state index contributed by atoms with van der Waals surface area (Å²) in [4.78, 5) is 12.7. The number of allylic oxidation sites excluding steroid dienone is 4. The zero-order valence-corrected chi connectivity index (χ0v) is 14.3. The topological polar surface area (TPSA) is 17.1 Å². The molecule has 0 saturated heterocycles. The Bertz CT molecular complexity index is 661. The highest BCUT2D eigenvalue weighted by atomic mass is 28.3. The number of benzene rings is 1. The molecule has 0 aliphatic heterocycles. The number of carbonyl (C=O) groups excluding carboxylic acids is 1. The van der Waals surface area contributed by atoms with Gasteiger partial charge in [0.05, 0.1) is 0 Å². The highest BCUT2D eigenvalue weighted by Crippen LogP contribution is 2.26. The van der Waals surface area contributed by atoms with Gasteiger partial charge in [-0.05, 0) is 13.3 Å². The first-order valence-corrected chi connectivity index (χ1v) is 10.9. The van der Waals surface area contributed by atoms with Crippen LogP contribution in [-0.2, 0) is 0 Å². The normalized spacial score (nSPS) is 15.1. The monoisotopic (exact) mass is 294 g/mol. The second kappa shape index (κ2) is 6.28. The Morgan fingerprint density at radius 3 is 2.43 bits per heavy atom. The standard InChI is InChI=1S/C19H22OSi/c1-15-10-11-18(17(14-15)12-13-21(2,3)4)19(20)16-8-6-5-7-9-16/h5-10H,11,14H2,1-4H3. The highest BCUT2D eigenvalue weighted by molar-refractivity contribution is 6.83. The maximum absolute atomic E-state index is 12.7. The quantitative estimate of drug-likeness (QED) is 0.332. The fourth-order valence-corrected chi connectivity index (χ4v) is 2.76. The largest absolute Gasteiger partial charge is 0.289 e. The molecule has 0 radical (unpaired) electrons. The number of hydrogen-bond acceptors (Lipinski definition) is 1. The van der Waals surface area contributed by atoms with Crippen molar-refractivity contribution in [2.45, 2.75) is 39.4 Å². The molecule has 0 unspecified atom stereocenters. The Morgan fingerprint density at radius 2 is 1.81 bits per heavy atom. The lowest BCUT2D eigenvalue weighted by Crippen LogP contribution is -2.17. The van der Waals surface area contributed by atoms with Crippen LogP contribution < -0.4 is 0 Å². The second-order valence-corrected chi connectivity index (χ2v) is 11.3. The molecule has 1 aromatic rings. The molecule has 2 heteroatoms. The summed E-state index contributed by atoms with van der Waals surface area (Å²) >= 11 is 0. The van der Waals surface area contributed by atoms with Gasteiger partial charge in [-0.15, -0.1) is 5.54 Å². The molecule has 2 rings (SSSR count). The van der Waals surface area contributed by atoms with Crippen LogP contribution in [0.25, 0.3) is 0 Å². The molecule has 1 aromatic carbocycles. The van der Waals surface area contributed by atoms with Crippen molar-refractivity contribution in [3.63, 3.8) is 0 Å². The molecule has 0 bridgehead atoms. The van der Waals surface area contributed by atoms with Gasteiger partial charge < -0.3 is 0 Å². The molecular weight excluding hydrogens is 272 g/mol. The molecule has 0 heterocycles. The SMILES string of the molecule is CC1=CCC(C(=O)c2ccccc2)=C(C#C[Si](C)(C)C)C1. The number of hydrogen-bond donors (Lipinski definition) is 0.